The number of hydrogen-bond acceptors (Lipinski definition) is 4. The van der Waals surface area contributed by atoms with Gasteiger partial charge in [0.15, 0.2) is 4.47 Å². The second-order valence-corrected chi connectivity index (χ2v) is 7.59. The number of fused-ring (bicyclic) bond motifs is 1. The number of thiazole rings is 1. The molecule has 0 radical (unpaired) electrons. The quantitative estimate of drug-likeness (QED) is 0.863. The van der Waals surface area contributed by atoms with Crippen LogP contribution < -0.4 is 5.73 Å². The zero-order chi connectivity index (χ0) is 12.9. The van der Waals surface area contributed by atoms with Crippen molar-refractivity contribution in [3.8, 4) is 0 Å². The molecule has 2 aliphatic rings. The first-order valence-electron chi connectivity index (χ1n) is 6.66. The van der Waals surface area contributed by atoms with Crippen LogP contribution in [0.1, 0.15) is 43.3 Å². The fourth-order valence-electron chi connectivity index (χ4n) is 3.40. The van der Waals surface area contributed by atoms with Crippen molar-refractivity contribution < 1.29 is 0 Å². The third-order valence-corrected chi connectivity index (χ3v) is 5.87. The molecule has 3 rings (SSSR count). The first-order chi connectivity index (χ1) is 8.52. The summed E-state index contributed by atoms with van der Waals surface area (Å²) in [5.41, 5.74) is 7.78. The van der Waals surface area contributed by atoms with Gasteiger partial charge in [0, 0.05) is 10.9 Å². The Balaban J connectivity index is 1.78. The van der Waals surface area contributed by atoms with Crippen molar-refractivity contribution in [1.29, 1.82) is 0 Å². The molecule has 0 bridgehead atoms. The van der Waals surface area contributed by atoms with Crippen LogP contribution >= 0.6 is 22.9 Å². The summed E-state index contributed by atoms with van der Waals surface area (Å²) in [6.45, 7) is 6.86. The van der Waals surface area contributed by atoms with Gasteiger partial charge >= 0.3 is 0 Å². The summed E-state index contributed by atoms with van der Waals surface area (Å²) in [6, 6.07) is 0.729. The van der Waals surface area contributed by atoms with Gasteiger partial charge in [0.25, 0.3) is 0 Å². The minimum absolute atomic E-state index is 0.0885. The molecule has 5 heteroatoms. The van der Waals surface area contributed by atoms with Crippen molar-refractivity contribution in [1.82, 2.24) is 9.88 Å². The molecule has 2 heterocycles. The van der Waals surface area contributed by atoms with Crippen LogP contribution in [0.2, 0.25) is 4.47 Å². The Kier molecular flexibility index (Phi) is 3.17. The molecule has 1 aliphatic heterocycles. The Hall–Kier alpha value is -0.160. The number of rotatable bonds is 1. The Morgan fingerprint density at radius 2 is 2.11 bits per heavy atom. The third-order valence-electron chi connectivity index (χ3n) is 4.69. The maximum Gasteiger partial charge on any atom is 0.184 e. The van der Waals surface area contributed by atoms with Crippen molar-refractivity contribution in [3.05, 3.63) is 15.0 Å². The molecule has 1 aliphatic carbocycles. The topological polar surface area (TPSA) is 42.2 Å². The van der Waals surface area contributed by atoms with Gasteiger partial charge in [0.05, 0.1) is 11.7 Å². The molecule has 1 saturated heterocycles. The SMILES string of the molecule is CC(C)N1CCC2(CC1)Cc1sc(Cl)nc1C2N. The molecule has 3 nitrogen and oxygen atoms in total. The molecule has 1 fully saturated rings. The molecular weight excluding hydrogens is 266 g/mol. The van der Waals surface area contributed by atoms with Gasteiger partial charge in [-0.05, 0) is 51.6 Å². The smallest absolute Gasteiger partial charge is 0.184 e. The molecule has 0 saturated carbocycles. The summed E-state index contributed by atoms with van der Waals surface area (Å²) in [7, 11) is 0. The zero-order valence-corrected chi connectivity index (χ0v) is 12.5. The van der Waals surface area contributed by atoms with E-state index in [0.717, 1.165) is 25.2 Å². The van der Waals surface area contributed by atoms with Crippen LogP contribution in [0, 0.1) is 5.41 Å². The van der Waals surface area contributed by atoms with Crippen molar-refractivity contribution in [3.63, 3.8) is 0 Å². The molecule has 100 valence electrons. The van der Waals surface area contributed by atoms with E-state index < -0.39 is 0 Å². The normalized spacial score (nSPS) is 27.1. The van der Waals surface area contributed by atoms with E-state index in [2.05, 4.69) is 23.7 Å². The van der Waals surface area contributed by atoms with Crippen molar-refractivity contribution in [2.45, 2.75) is 45.2 Å². The van der Waals surface area contributed by atoms with Crippen LogP contribution in [-0.4, -0.2) is 29.0 Å². The molecule has 18 heavy (non-hydrogen) atoms. The lowest BCUT2D eigenvalue weighted by molar-refractivity contribution is 0.0706. The molecule has 0 amide bonds. The van der Waals surface area contributed by atoms with Crippen LogP contribution in [0.4, 0.5) is 0 Å². The summed E-state index contributed by atoms with van der Waals surface area (Å²) in [4.78, 5) is 8.29. The summed E-state index contributed by atoms with van der Waals surface area (Å²) < 4.78 is 0.643. The van der Waals surface area contributed by atoms with Crippen molar-refractivity contribution in [2.75, 3.05) is 13.1 Å². The average molecular weight is 286 g/mol. The predicted octanol–water partition coefficient (Wildman–Crippen LogP) is 2.84. The van der Waals surface area contributed by atoms with E-state index in [1.807, 2.05) is 0 Å². The van der Waals surface area contributed by atoms with Crippen LogP contribution in [0.3, 0.4) is 0 Å². The van der Waals surface area contributed by atoms with E-state index in [0.29, 0.717) is 10.5 Å². The third kappa shape index (κ3) is 1.90. The standard InChI is InChI=1S/C13H20ClN3S/c1-8(2)17-5-3-13(4-6-17)7-9-10(11(13)15)16-12(14)18-9/h8,11H,3-7,15H2,1-2H3. The van der Waals surface area contributed by atoms with Gasteiger partial charge < -0.3 is 10.6 Å². The lowest BCUT2D eigenvalue weighted by Gasteiger charge is -2.43. The molecule has 2 N–H and O–H groups in total. The largest absolute Gasteiger partial charge is 0.322 e. The van der Waals surface area contributed by atoms with E-state index in [1.165, 1.54) is 17.7 Å². The van der Waals surface area contributed by atoms with Crippen LogP contribution in [0.5, 0.6) is 0 Å². The van der Waals surface area contributed by atoms with Gasteiger partial charge in [-0.25, -0.2) is 4.98 Å². The highest BCUT2D eigenvalue weighted by molar-refractivity contribution is 7.15. The van der Waals surface area contributed by atoms with E-state index in [4.69, 9.17) is 17.3 Å². The highest BCUT2D eigenvalue weighted by Crippen LogP contribution is 2.52. The van der Waals surface area contributed by atoms with E-state index in [-0.39, 0.29) is 11.5 Å². The highest BCUT2D eigenvalue weighted by atomic mass is 35.5. The number of hydrogen-bond donors (Lipinski definition) is 1. The fraction of sp³-hybridized carbons (Fsp3) is 0.769. The maximum absolute atomic E-state index is 6.46. The van der Waals surface area contributed by atoms with E-state index >= 15 is 0 Å². The number of nitrogens with zero attached hydrogens (tertiary/aromatic N) is 2. The summed E-state index contributed by atoms with van der Waals surface area (Å²) >= 11 is 7.60. The van der Waals surface area contributed by atoms with Gasteiger partial charge in [-0.15, -0.1) is 11.3 Å². The minimum Gasteiger partial charge on any atom is -0.322 e. The molecule has 1 spiro atoms. The average Bonchev–Trinajstić information content (AvgIpc) is 2.78. The van der Waals surface area contributed by atoms with Gasteiger partial charge in [-0.3, -0.25) is 0 Å². The fourth-order valence-corrected chi connectivity index (χ4v) is 4.75. The Labute approximate surface area is 117 Å². The number of piperidine rings is 1. The van der Waals surface area contributed by atoms with Gasteiger partial charge in [-0.1, -0.05) is 11.6 Å². The van der Waals surface area contributed by atoms with Crippen LogP contribution in [-0.2, 0) is 6.42 Å². The molecule has 1 aromatic heterocycles. The first kappa shape index (κ1) is 12.9. The van der Waals surface area contributed by atoms with E-state index in [1.54, 1.807) is 11.3 Å². The number of likely N-dealkylation sites (tertiary alicyclic amines) is 1. The highest BCUT2D eigenvalue weighted by Gasteiger charge is 2.48. The number of halogens is 1. The van der Waals surface area contributed by atoms with Crippen molar-refractivity contribution in [2.24, 2.45) is 11.1 Å². The van der Waals surface area contributed by atoms with Crippen molar-refractivity contribution >= 4 is 22.9 Å². The van der Waals surface area contributed by atoms with E-state index in [9.17, 15) is 0 Å². The lowest BCUT2D eigenvalue weighted by atomic mass is 9.73. The molecule has 0 aromatic carbocycles. The monoisotopic (exact) mass is 285 g/mol. The lowest BCUT2D eigenvalue weighted by Crippen LogP contribution is -2.46. The zero-order valence-electron chi connectivity index (χ0n) is 10.9. The Bertz CT molecular complexity index is 449. The second-order valence-electron chi connectivity index (χ2n) is 5.92. The molecule has 1 atom stereocenters. The summed E-state index contributed by atoms with van der Waals surface area (Å²) in [5.74, 6) is 0. The predicted molar refractivity (Wildman–Crippen MR) is 76.1 cm³/mol. The van der Waals surface area contributed by atoms with Crippen LogP contribution in [0.25, 0.3) is 0 Å². The van der Waals surface area contributed by atoms with Gasteiger partial charge in [-0.2, -0.15) is 0 Å². The second kappa shape index (κ2) is 4.44. The summed E-state index contributed by atoms with van der Waals surface area (Å²) in [5, 5.41) is 0. The van der Waals surface area contributed by atoms with Gasteiger partial charge in [0.2, 0.25) is 0 Å². The molecule has 1 unspecified atom stereocenters. The number of aromatic nitrogens is 1. The Morgan fingerprint density at radius 1 is 1.44 bits per heavy atom. The minimum atomic E-state index is 0.0885. The Morgan fingerprint density at radius 3 is 2.67 bits per heavy atom. The number of nitrogens with two attached hydrogens (primary N) is 1. The maximum atomic E-state index is 6.46. The van der Waals surface area contributed by atoms with Gasteiger partial charge in [0.1, 0.15) is 0 Å². The first-order valence-corrected chi connectivity index (χ1v) is 7.86. The van der Waals surface area contributed by atoms with Crippen LogP contribution in [0.15, 0.2) is 0 Å². The summed E-state index contributed by atoms with van der Waals surface area (Å²) in [6.07, 6.45) is 3.46. The molecule has 1 aromatic rings. The molecular formula is C13H20ClN3S.